The molecule has 2 rings (SSSR count). The van der Waals surface area contributed by atoms with E-state index in [-0.39, 0.29) is 0 Å². The average Bonchev–Trinajstić information content (AvgIpc) is 2.82. The summed E-state index contributed by atoms with van der Waals surface area (Å²) in [7, 11) is 0. The van der Waals surface area contributed by atoms with Crippen LogP contribution in [0.4, 0.5) is 0 Å². The van der Waals surface area contributed by atoms with Gasteiger partial charge < -0.3 is 5.11 Å². The van der Waals surface area contributed by atoms with Crippen molar-refractivity contribution in [1.82, 2.24) is 10.2 Å². The molecule has 0 amide bonds. The van der Waals surface area contributed by atoms with E-state index in [4.69, 9.17) is 0 Å². The molecule has 1 aromatic carbocycles. The topological polar surface area (TPSA) is 48.9 Å². The fraction of sp³-hybridized carbons (Fsp3) is 0.214. The Morgan fingerprint density at radius 1 is 1.35 bits per heavy atom. The molecule has 17 heavy (non-hydrogen) atoms. The van der Waals surface area contributed by atoms with E-state index in [0.29, 0.717) is 0 Å². The molecule has 1 unspecified atom stereocenters. The summed E-state index contributed by atoms with van der Waals surface area (Å²) in [4.78, 5) is 0. The molecule has 0 radical (unpaired) electrons. The predicted octanol–water partition coefficient (Wildman–Crippen LogP) is 2.31. The maximum atomic E-state index is 10.2. The van der Waals surface area contributed by atoms with Gasteiger partial charge in [0.2, 0.25) is 0 Å². The van der Waals surface area contributed by atoms with Crippen LogP contribution in [-0.2, 0) is 5.60 Å². The van der Waals surface area contributed by atoms with Gasteiger partial charge in [-0.05, 0) is 31.5 Å². The van der Waals surface area contributed by atoms with E-state index in [0.717, 1.165) is 16.8 Å². The van der Waals surface area contributed by atoms with E-state index in [1.165, 1.54) is 0 Å². The zero-order valence-electron chi connectivity index (χ0n) is 9.86. The Morgan fingerprint density at radius 3 is 2.82 bits per heavy atom. The van der Waals surface area contributed by atoms with Crippen LogP contribution in [0.25, 0.3) is 11.3 Å². The molecule has 0 fully saturated rings. The number of nitrogens with zero attached hydrogens (tertiary/aromatic N) is 1. The highest BCUT2D eigenvalue weighted by molar-refractivity contribution is 5.60. The van der Waals surface area contributed by atoms with Gasteiger partial charge >= 0.3 is 0 Å². The van der Waals surface area contributed by atoms with Gasteiger partial charge in [-0.1, -0.05) is 24.1 Å². The van der Waals surface area contributed by atoms with Crippen molar-refractivity contribution in [2.45, 2.75) is 19.4 Å². The number of hydrogen-bond acceptors (Lipinski definition) is 2. The Bertz CT molecular complexity index is 559. The van der Waals surface area contributed by atoms with Crippen LogP contribution in [0, 0.1) is 11.8 Å². The number of benzene rings is 1. The molecule has 86 valence electrons. The second-order valence-corrected chi connectivity index (χ2v) is 3.99. The van der Waals surface area contributed by atoms with Crippen molar-refractivity contribution >= 4 is 0 Å². The summed E-state index contributed by atoms with van der Waals surface area (Å²) < 4.78 is 0. The van der Waals surface area contributed by atoms with E-state index >= 15 is 0 Å². The normalized spacial score (nSPS) is 13.6. The molecule has 2 aromatic rings. The largest absolute Gasteiger partial charge is 0.374 e. The number of aliphatic hydroxyl groups is 1. The van der Waals surface area contributed by atoms with Crippen LogP contribution >= 0.6 is 0 Å². The van der Waals surface area contributed by atoms with Gasteiger partial charge in [-0.15, -0.1) is 5.92 Å². The average molecular weight is 226 g/mol. The summed E-state index contributed by atoms with van der Waals surface area (Å²) in [5.41, 5.74) is 1.46. The summed E-state index contributed by atoms with van der Waals surface area (Å²) in [5.74, 6) is 5.53. The highest BCUT2D eigenvalue weighted by Crippen LogP contribution is 2.24. The number of rotatable bonds is 2. The molecular formula is C14H14N2O. The third-order valence-electron chi connectivity index (χ3n) is 2.59. The van der Waals surface area contributed by atoms with E-state index in [9.17, 15) is 5.11 Å². The van der Waals surface area contributed by atoms with Crippen molar-refractivity contribution in [3.8, 4) is 23.1 Å². The Hall–Kier alpha value is -2.05. The Kier molecular flexibility index (Phi) is 2.99. The molecule has 3 heteroatoms. The molecule has 1 atom stereocenters. The van der Waals surface area contributed by atoms with Crippen LogP contribution in [0.15, 0.2) is 36.5 Å². The zero-order valence-corrected chi connectivity index (χ0v) is 9.86. The highest BCUT2D eigenvalue weighted by Gasteiger charge is 2.20. The summed E-state index contributed by atoms with van der Waals surface area (Å²) >= 11 is 0. The lowest BCUT2D eigenvalue weighted by molar-refractivity contribution is 0.122. The van der Waals surface area contributed by atoms with Crippen LogP contribution in [0.5, 0.6) is 0 Å². The summed E-state index contributed by atoms with van der Waals surface area (Å²) in [5, 5.41) is 17.1. The first-order valence-electron chi connectivity index (χ1n) is 5.40. The Morgan fingerprint density at radius 2 is 2.18 bits per heavy atom. The minimum atomic E-state index is -1.12. The van der Waals surface area contributed by atoms with Gasteiger partial charge in [-0.3, -0.25) is 5.10 Å². The third kappa shape index (κ3) is 2.38. The second kappa shape index (κ2) is 4.44. The van der Waals surface area contributed by atoms with E-state index in [2.05, 4.69) is 22.0 Å². The molecule has 0 aliphatic rings. The Labute approximate surface area is 101 Å². The molecule has 2 N–H and O–H groups in total. The van der Waals surface area contributed by atoms with Crippen molar-refractivity contribution in [3.05, 3.63) is 42.1 Å². The first-order chi connectivity index (χ1) is 8.13. The van der Waals surface area contributed by atoms with Gasteiger partial charge in [-0.2, -0.15) is 5.10 Å². The van der Waals surface area contributed by atoms with Crippen LogP contribution in [0.2, 0.25) is 0 Å². The molecule has 3 nitrogen and oxygen atoms in total. The van der Waals surface area contributed by atoms with Gasteiger partial charge in [0.15, 0.2) is 0 Å². The second-order valence-electron chi connectivity index (χ2n) is 3.99. The van der Waals surface area contributed by atoms with E-state index in [1.807, 2.05) is 30.3 Å². The molecule has 0 bridgehead atoms. The minimum absolute atomic E-state index is 0.771. The zero-order chi connectivity index (χ0) is 12.3. The summed E-state index contributed by atoms with van der Waals surface area (Å²) in [6, 6.07) is 9.50. The molecule has 1 aromatic heterocycles. The maximum absolute atomic E-state index is 10.2. The number of hydrogen-bond donors (Lipinski definition) is 2. The van der Waals surface area contributed by atoms with Gasteiger partial charge in [0.25, 0.3) is 0 Å². The molecule has 0 saturated carbocycles. The van der Waals surface area contributed by atoms with Gasteiger partial charge in [0.05, 0.1) is 5.69 Å². The lowest BCUT2D eigenvalue weighted by atomic mass is 9.94. The van der Waals surface area contributed by atoms with Crippen molar-refractivity contribution in [3.63, 3.8) is 0 Å². The monoisotopic (exact) mass is 226 g/mol. The van der Waals surface area contributed by atoms with Gasteiger partial charge in [0, 0.05) is 11.8 Å². The summed E-state index contributed by atoms with van der Waals surface area (Å²) in [6.45, 7) is 3.40. The fourth-order valence-corrected chi connectivity index (χ4v) is 1.72. The standard InChI is InChI=1S/C14H14N2O/c1-3-8-14(2,17)12-6-4-5-11(10-12)13-7-9-15-16-13/h4-7,9-10,17H,1-2H3,(H,15,16). The number of aromatic nitrogens is 2. The van der Waals surface area contributed by atoms with Crippen molar-refractivity contribution in [1.29, 1.82) is 0 Å². The lowest BCUT2D eigenvalue weighted by Gasteiger charge is -2.17. The summed E-state index contributed by atoms with van der Waals surface area (Å²) in [6.07, 6.45) is 1.77. The van der Waals surface area contributed by atoms with E-state index in [1.54, 1.807) is 20.0 Å². The Balaban J connectivity index is 2.44. The van der Waals surface area contributed by atoms with Crippen molar-refractivity contribution < 1.29 is 5.11 Å². The van der Waals surface area contributed by atoms with Crippen molar-refractivity contribution in [2.75, 3.05) is 0 Å². The minimum Gasteiger partial charge on any atom is -0.374 e. The molecule has 0 spiro atoms. The van der Waals surface area contributed by atoms with Crippen molar-refractivity contribution in [2.24, 2.45) is 0 Å². The molecule has 0 aliphatic carbocycles. The molecule has 1 heterocycles. The molecular weight excluding hydrogens is 212 g/mol. The predicted molar refractivity (Wildman–Crippen MR) is 67.0 cm³/mol. The van der Waals surface area contributed by atoms with Crippen LogP contribution in [0.1, 0.15) is 19.4 Å². The van der Waals surface area contributed by atoms with Crippen LogP contribution < -0.4 is 0 Å². The first-order valence-corrected chi connectivity index (χ1v) is 5.40. The fourth-order valence-electron chi connectivity index (χ4n) is 1.72. The smallest absolute Gasteiger partial charge is 0.148 e. The third-order valence-corrected chi connectivity index (χ3v) is 2.59. The quantitative estimate of drug-likeness (QED) is 0.772. The number of nitrogens with one attached hydrogen (secondary N) is 1. The first kappa shape index (κ1) is 11.4. The molecule has 0 aliphatic heterocycles. The van der Waals surface area contributed by atoms with Gasteiger partial charge in [-0.25, -0.2) is 0 Å². The lowest BCUT2D eigenvalue weighted by Crippen LogP contribution is -2.18. The number of H-pyrrole nitrogens is 1. The maximum Gasteiger partial charge on any atom is 0.148 e. The molecule has 0 saturated heterocycles. The van der Waals surface area contributed by atoms with Crippen LogP contribution in [-0.4, -0.2) is 15.3 Å². The number of aromatic amines is 1. The highest BCUT2D eigenvalue weighted by atomic mass is 16.3. The van der Waals surface area contributed by atoms with Crippen LogP contribution in [0.3, 0.4) is 0 Å². The van der Waals surface area contributed by atoms with Gasteiger partial charge in [0.1, 0.15) is 5.60 Å². The van der Waals surface area contributed by atoms with E-state index < -0.39 is 5.60 Å². The SMILES string of the molecule is CC#CC(C)(O)c1cccc(-c2cc[nH]n2)c1.